The second-order valence-electron chi connectivity index (χ2n) is 4.99. The highest BCUT2D eigenvalue weighted by Crippen LogP contribution is 2.18. The second kappa shape index (κ2) is 6.10. The summed E-state index contributed by atoms with van der Waals surface area (Å²) in [4.78, 5) is 18.9. The Hall–Kier alpha value is -1.49. The summed E-state index contributed by atoms with van der Waals surface area (Å²) in [6.45, 7) is 2.92. The van der Waals surface area contributed by atoms with Gasteiger partial charge in [-0.1, -0.05) is 25.1 Å². The van der Waals surface area contributed by atoms with Crippen molar-refractivity contribution in [2.24, 2.45) is 5.73 Å². The minimum absolute atomic E-state index is 0.00360. The number of amides is 1. The lowest BCUT2D eigenvalue weighted by molar-refractivity contribution is 0.0692. The number of likely N-dealkylation sites (tertiary alicyclic amines) is 1. The molecule has 0 aromatic carbocycles. The molecule has 0 aliphatic carbocycles. The molecule has 0 saturated carbocycles. The number of pyridine rings is 1. The molecular formula is C14H19N3OS. The highest BCUT2D eigenvalue weighted by atomic mass is 32.1. The largest absolute Gasteiger partial charge is 0.389 e. The van der Waals surface area contributed by atoms with Crippen molar-refractivity contribution in [2.45, 2.75) is 38.6 Å². The number of carbonyl (C=O) groups is 1. The minimum Gasteiger partial charge on any atom is -0.389 e. The van der Waals surface area contributed by atoms with Crippen LogP contribution in [0.5, 0.6) is 0 Å². The Kier molecular flexibility index (Phi) is 4.47. The average molecular weight is 277 g/mol. The lowest BCUT2D eigenvalue weighted by Crippen LogP contribution is -2.38. The summed E-state index contributed by atoms with van der Waals surface area (Å²) in [7, 11) is 0. The number of nitrogens with two attached hydrogens (primary N) is 1. The van der Waals surface area contributed by atoms with Crippen molar-refractivity contribution in [3.05, 3.63) is 29.6 Å². The zero-order chi connectivity index (χ0) is 13.8. The minimum atomic E-state index is 0.00360. The lowest BCUT2D eigenvalue weighted by Gasteiger charge is -2.26. The van der Waals surface area contributed by atoms with Crippen LogP contribution in [-0.2, 0) is 0 Å². The summed E-state index contributed by atoms with van der Waals surface area (Å²) in [6, 6.07) is 3.74. The maximum absolute atomic E-state index is 12.4. The molecule has 1 aromatic heterocycles. The molecule has 1 aliphatic heterocycles. The van der Waals surface area contributed by atoms with Crippen molar-refractivity contribution in [3.63, 3.8) is 0 Å². The van der Waals surface area contributed by atoms with Gasteiger partial charge in [0.15, 0.2) is 0 Å². The summed E-state index contributed by atoms with van der Waals surface area (Å²) in [5.41, 5.74) is 6.68. The number of rotatable bonds is 2. The topological polar surface area (TPSA) is 59.2 Å². The predicted molar refractivity (Wildman–Crippen MR) is 79.1 cm³/mol. The molecule has 2 N–H and O–H groups in total. The number of hydrogen-bond donors (Lipinski definition) is 1. The van der Waals surface area contributed by atoms with Crippen LogP contribution < -0.4 is 5.73 Å². The van der Waals surface area contributed by atoms with Crippen LogP contribution in [0, 0.1) is 0 Å². The molecular weight excluding hydrogens is 258 g/mol. The zero-order valence-electron chi connectivity index (χ0n) is 11.1. The smallest absolute Gasteiger partial charge is 0.272 e. The molecule has 1 amide bonds. The summed E-state index contributed by atoms with van der Waals surface area (Å²) in [6.07, 6.45) is 6.09. The zero-order valence-corrected chi connectivity index (χ0v) is 11.9. The molecule has 1 unspecified atom stereocenters. The molecule has 2 rings (SSSR count). The van der Waals surface area contributed by atoms with E-state index in [4.69, 9.17) is 18.0 Å². The van der Waals surface area contributed by atoms with Crippen LogP contribution in [-0.4, -0.2) is 33.4 Å². The maximum atomic E-state index is 12.4. The van der Waals surface area contributed by atoms with E-state index in [1.807, 2.05) is 4.90 Å². The molecule has 0 radical (unpaired) electrons. The van der Waals surface area contributed by atoms with Gasteiger partial charge in [0.25, 0.3) is 5.91 Å². The van der Waals surface area contributed by atoms with Gasteiger partial charge in [-0.25, -0.2) is 0 Å². The Labute approximate surface area is 119 Å². The van der Waals surface area contributed by atoms with E-state index in [1.165, 1.54) is 12.8 Å². The normalized spacial score (nSPS) is 19.8. The van der Waals surface area contributed by atoms with E-state index in [-0.39, 0.29) is 11.9 Å². The standard InChI is InChI=1S/C14H19N3OS/c1-10-5-3-2-4-8-17(10)14(18)12-7-6-11(9-16-12)13(15)19/h6-7,9-10H,2-5,8H2,1H3,(H2,15,19). The first kappa shape index (κ1) is 13.9. The summed E-state index contributed by atoms with van der Waals surface area (Å²) in [5, 5.41) is 0. The molecule has 19 heavy (non-hydrogen) atoms. The fourth-order valence-corrected chi connectivity index (χ4v) is 2.51. The number of thiocarbonyl (C=S) groups is 1. The molecule has 1 saturated heterocycles. The van der Waals surface area contributed by atoms with Crippen molar-refractivity contribution in [1.29, 1.82) is 0 Å². The highest BCUT2D eigenvalue weighted by molar-refractivity contribution is 7.80. The van der Waals surface area contributed by atoms with Gasteiger partial charge in [0.1, 0.15) is 10.7 Å². The van der Waals surface area contributed by atoms with Gasteiger partial charge >= 0.3 is 0 Å². The number of hydrogen-bond acceptors (Lipinski definition) is 3. The van der Waals surface area contributed by atoms with Crippen LogP contribution in [0.25, 0.3) is 0 Å². The lowest BCUT2D eigenvalue weighted by atomic mass is 10.1. The Bertz CT molecular complexity index is 472. The molecule has 0 spiro atoms. The van der Waals surface area contributed by atoms with E-state index in [0.717, 1.165) is 19.4 Å². The van der Waals surface area contributed by atoms with Crippen molar-refractivity contribution in [2.75, 3.05) is 6.54 Å². The van der Waals surface area contributed by atoms with Crippen molar-refractivity contribution in [3.8, 4) is 0 Å². The molecule has 1 atom stereocenters. The van der Waals surface area contributed by atoms with Crippen LogP contribution in [0.1, 0.15) is 48.7 Å². The van der Waals surface area contributed by atoms with Gasteiger partial charge in [-0.15, -0.1) is 0 Å². The third-order valence-electron chi connectivity index (χ3n) is 3.58. The van der Waals surface area contributed by atoms with E-state index in [9.17, 15) is 4.79 Å². The van der Waals surface area contributed by atoms with E-state index < -0.39 is 0 Å². The Balaban J connectivity index is 2.15. The first-order chi connectivity index (χ1) is 9.09. The summed E-state index contributed by atoms with van der Waals surface area (Å²) < 4.78 is 0. The number of aromatic nitrogens is 1. The van der Waals surface area contributed by atoms with Gasteiger partial charge in [-0.2, -0.15) is 0 Å². The molecule has 102 valence electrons. The van der Waals surface area contributed by atoms with E-state index in [2.05, 4.69) is 11.9 Å². The molecule has 2 heterocycles. The summed E-state index contributed by atoms with van der Waals surface area (Å²) >= 11 is 4.88. The molecule has 5 heteroatoms. The molecule has 1 aliphatic rings. The number of nitrogens with zero attached hydrogens (tertiary/aromatic N) is 2. The first-order valence-electron chi connectivity index (χ1n) is 6.66. The average Bonchev–Trinajstić information content (AvgIpc) is 2.63. The highest BCUT2D eigenvalue weighted by Gasteiger charge is 2.23. The van der Waals surface area contributed by atoms with Gasteiger partial charge in [0.05, 0.1) is 0 Å². The van der Waals surface area contributed by atoms with E-state index in [1.54, 1.807) is 18.3 Å². The van der Waals surface area contributed by atoms with Crippen molar-refractivity contribution < 1.29 is 4.79 Å². The first-order valence-corrected chi connectivity index (χ1v) is 7.07. The third-order valence-corrected chi connectivity index (χ3v) is 3.82. The molecule has 1 fully saturated rings. The van der Waals surface area contributed by atoms with Gasteiger partial charge in [0, 0.05) is 24.3 Å². The molecule has 1 aromatic rings. The Morgan fingerprint density at radius 3 is 2.84 bits per heavy atom. The van der Waals surface area contributed by atoms with Crippen LogP contribution in [0.4, 0.5) is 0 Å². The fraction of sp³-hybridized carbons (Fsp3) is 0.500. The van der Waals surface area contributed by atoms with Crippen molar-refractivity contribution in [1.82, 2.24) is 9.88 Å². The van der Waals surface area contributed by atoms with Crippen LogP contribution in [0.2, 0.25) is 0 Å². The SMILES string of the molecule is CC1CCCCCN1C(=O)c1ccc(C(N)=S)cn1. The van der Waals surface area contributed by atoms with Gasteiger partial charge < -0.3 is 10.6 Å². The molecule has 4 nitrogen and oxygen atoms in total. The van der Waals surface area contributed by atoms with Gasteiger partial charge in [-0.05, 0) is 31.9 Å². The number of carbonyl (C=O) groups excluding carboxylic acids is 1. The monoisotopic (exact) mass is 277 g/mol. The van der Waals surface area contributed by atoms with Crippen LogP contribution >= 0.6 is 12.2 Å². The maximum Gasteiger partial charge on any atom is 0.272 e. The third kappa shape index (κ3) is 3.29. The van der Waals surface area contributed by atoms with Crippen LogP contribution in [0.15, 0.2) is 18.3 Å². The molecule has 0 bridgehead atoms. The van der Waals surface area contributed by atoms with Gasteiger partial charge in [0.2, 0.25) is 0 Å². The summed E-state index contributed by atoms with van der Waals surface area (Å²) in [5.74, 6) is 0.00360. The van der Waals surface area contributed by atoms with E-state index >= 15 is 0 Å². The van der Waals surface area contributed by atoms with E-state index in [0.29, 0.717) is 16.2 Å². The second-order valence-corrected chi connectivity index (χ2v) is 5.43. The van der Waals surface area contributed by atoms with Crippen LogP contribution in [0.3, 0.4) is 0 Å². The quantitative estimate of drug-likeness (QED) is 0.841. The Morgan fingerprint density at radius 2 is 2.21 bits per heavy atom. The fourth-order valence-electron chi connectivity index (χ4n) is 2.39. The predicted octanol–water partition coefficient (Wildman–Crippen LogP) is 2.12. The van der Waals surface area contributed by atoms with Gasteiger partial charge in [-0.3, -0.25) is 9.78 Å². The van der Waals surface area contributed by atoms with Crippen molar-refractivity contribution >= 4 is 23.1 Å². The Morgan fingerprint density at radius 1 is 1.42 bits per heavy atom.